The van der Waals surface area contributed by atoms with E-state index in [1.54, 1.807) is 25.9 Å². The fraction of sp³-hybridized carbons (Fsp3) is 0.842. The van der Waals surface area contributed by atoms with Crippen LogP contribution in [0.5, 0.6) is 0 Å². The Morgan fingerprint density at radius 1 is 1.27 bits per heavy atom. The molecule has 0 aliphatic carbocycles. The zero-order valence-corrected chi connectivity index (χ0v) is 18.0. The highest BCUT2D eigenvalue weighted by molar-refractivity contribution is 8.01. The zero-order valence-electron chi connectivity index (χ0n) is 17.2. The van der Waals surface area contributed by atoms with Crippen molar-refractivity contribution in [3.05, 3.63) is 0 Å². The Morgan fingerprint density at radius 3 is 2.35 bits per heavy atom. The van der Waals surface area contributed by atoms with Crippen LogP contribution in [0.2, 0.25) is 0 Å². The first-order chi connectivity index (χ1) is 12.0. The van der Waals surface area contributed by atoms with Gasteiger partial charge in [0.1, 0.15) is 11.6 Å². The van der Waals surface area contributed by atoms with Gasteiger partial charge in [-0.05, 0) is 33.6 Å². The molecule has 0 saturated carbocycles. The van der Waals surface area contributed by atoms with E-state index >= 15 is 0 Å². The highest BCUT2D eigenvalue weighted by atomic mass is 32.2. The van der Waals surface area contributed by atoms with Gasteiger partial charge in [0, 0.05) is 38.0 Å². The van der Waals surface area contributed by atoms with Crippen molar-refractivity contribution >= 4 is 29.3 Å². The van der Waals surface area contributed by atoms with Crippen LogP contribution in [0.1, 0.15) is 53.9 Å². The molecule has 1 atom stereocenters. The fourth-order valence-corrected chi connectivity index (χ4v) is 4.05. The van der Waals surface area contributed by atoms with Gasteiger partial charge in [-0.1, -0.05) is 13.8 Å². The number of ether oxygens (including phenoxy) is 2. The Labute approximate surface area is 161 Å². The van der Waals surface area contributed by atoms with Crippen LogP contribution in [0, 0.1) is 5.41 Å². The zero-order chi connectivity index (χ0) is 20.0. The monoisotopic (exact) mass is 386 g/mol. The van der Waals surface area contributed by atoms with Crippen LogP contribution >= 0.6 is 11.8 Å². The van der Waals surface area contributed by atoms with E-state index in [9.17, 15) is 9.59 Å². The molecule has 1 aliphatic heterocycles. The molecule has 1 amide bonds. The summed E-state index contributed by atoms with van der Waals surface area (Å²) in [4.78, 5) is 29.5. The number of hydrogen-bond acceptors (Lipinski definition) is 6. The lowest BCUT2D eigenvalue weighted by Gasteiger charge is -2.31. The number of aliphatic imine (C=N–C) groups is 1. The van der Waals surface area contributed by atoms with E-state index in [2.05, 4.69) is 10.3 Å². The van der Waals surface area contributed by atoms with Gasteiger partial charge in [0.05, 0.1) is 17.3 Å². The summed E-state index contributed by atoms with van der Waals surface area (Å²) in [7, 11) is 3.18. The van der Waals surface area contributed by atoms with Gasteiger partial charge < -0.3 is 14.8 Å². The largest absolute Gasteiger partial charge is 0.381 e. The number of thioether (sulfide) groups is 1. The van der Waals surface area contributed by atoms with Crippen LogP contribution in [-0.2, 0) is 19.1 Å². The molecular weight excluding hydrogens is 352 g/mol. The third-order valence-corrected chi connectivity index (χ3v) is 6.70. The standard InChI is InChI=1S/C19H34N2O4S/c1-13(24-7)18(2,3)15(22)12-16(20-6)21-17(23)19(4,5)26-14-8-10-25-11-9-14/h13-14H,8-12H2,1-7H3,(H,20,21,23). The number of methoxy groups -OCH3 is 1. The van der Waals surface area contributed by atoms with E-state index in [4.69, 9.17) is 9.47 Å². The normalized spacial score (nSPS) is 18.5. The molecule has 0 aromatic heterocycles. The number of Topliss-reactive ketones (excluding diaryl/α,β-unsaturated/α-hetero) is 1. The van der Waals surface area contributed by atoms with Crippen molar-refractivity contribution in [3.63, 3.8) is 0 Å². The number of amides is 1. The second-order valence-corrected chi connectivity index (χ2v) is 9.69. The van der Waals surface area contributed by atoms with Crippen LogP contribution in [-0.4, -0.2) is 61.0 Å². The van der Waals surface area contributed by atoms with Crippen molar-refractivity contribution < 1.29 is 19.1 Å². The van der Waals surface area contributed by atoms with Gasteiger partial charge in [0.25, 0.3) is 0 Å². The summed E-state index contributed by atoms with van der Waals surface area (Å²) in [6.07, 6.45) is 1.78. The fourth-order valence-electron chi connectivity index (χ4n) is 2.63. The number of carbonyl (C=O) groups excluding carboxylic acids is 2. The molecule has 1 unspecified atom stereocenters. The minimum atomic E-state index is -0.651. The van der Waals surface area contributed by atoms with E-state index in [1.807, 2.05) is 34.6 Å². The summed E-state index contributed by atoms with van der Waals surface area (Å²) in [5.74, 6) is 0.264. The van der Waals surface area contributed by atoms with Crippen molar-refractivity contribution in [2.75, 3.05) is 27.4 Å². The van der Waals surface area contributed by atoms with Crippen molar-refractivity contribution in [2.24, 2.45) is 10.4 Å². The number of carbonyl (C=O) groups is 2. The lowest BCUT2D eigenvalue weighted by molar-refractivity contribution is -0.132. The molecule has 150 valence electrons. The molecule has 0 radical (unpaired) electrons. The number of nitrogens with zero attached hydrogens (tertiary/aromatic N) is 1. The Kier molecular flexibility index (Phi) is 8.76. The number of nitrogens with one attached hydrogen (secondary N) is 1. The molecule has 1 fully saturated rings. The number of rotatable bonds is 8. The second-order valence-electron chi connectivity index (χ2n) is 7.76. The SMILES string of the molecule is CN=C(CC(=O)C(C)(C)C(C)OC)NC(=O)C(C)(C)SC1CCOCC1. The number of amidine groups is 1. The van der Waals surface area contributed by atoms with Crippen molar-refractivity contribution in [1.82, 2.24) is 5.32 Å². The van der Waals surface area contributed by atoms with Crippen LogP contribution in [0.25, 0.3) is 0 Å². The third-order valence-electron chi connectivity index (χ3n) is 5.12. The smallest absolute Gasteiger partial charge is 0.240 e. The topological polar surface area (TPSA) is 77.0 Å². The number of ketones is 1. The Bertz CT molecular complexity index is 526. The average Bonchev–Trinajstić information content (AvgIpc) is 2.60. The molecule has 1 heterocycles. The predicted octanol–water partition coefficient (Wildman–Crippen LogP) is 2.84. The lowest BCUT2D eigenvalue weighted by atomic mass is 9.81. The molecule has 26 heavy (non-hydrogen) atoms. The van der Waals surface area contributed by atoms with Crippen LogP contribution in [0.4, 0.5) is 0 Å². The van der Waals surface area contributed by atoms with Crippen LogP contribution < -0.4 is 5.32 Å². The highest BCUT2D eigenvalue weighted by Crippen LogP contribution is 2.34. The molecule has 6 nitrogen and oxygen atoms in total. The molecule has 1 saturated heterocycles. The van der Waals surface area contributed by atoms with Crippen molar-refractivity contribution in [1.29, 1.82) is 0 Å². The maximum Gasteiger partial charge on any atom is 0.240 e. The van der Waals surface area contributed by atoms with E-state index in [0.29, 0.717) is 11.1 Å². The molecule has 0 aromatic carbocycles. The van der Waals surface area contributed by atoms with Crippen LogP contribution in [0.15, 0.2) is 4.99 Å². The first-order valence-corrected chi connectivity index (χ1v) is 10.0. The van der Waals surface area contributed by atoms with E-state index < -0.39 is 10.2 Å². The maximum absolute atomic E-state index is 12.7. The first kappa shape index (κ1) is 23.1. The van der Waals surface area contributed by atoms with E-state index in [1.165, 1.54) is 0 Å². The third kappa shape index (κ3) is 6.35. The summed E-state index contributed by atoms with van der Waals surface area (Å²) in [6, 6.07) is 0. The van der Waals surface area contributed by atoms with Gasteiger partial charge in [-0.2, -0.15) is 0 Å². The lowest BCUT2D eigenvalue weighted by Crippen LogP contribution is -2.46. The summed E-state index contributed by atoms with van der Waals surface area (Å²) in [5, 5.41) is 3.27. The molecule has 7 heteroatoms. The van der Waals surface area contributed by atoms with Gasteiger partial charge >= 0.3 is 0 Å². The second kappa shape index (κ2) is 9.85. The maximum atomic E-state index is 12.7. The first-order valence-electron chi connectivity index (χ1n) is 9.13. The van der Waals surface area contributed by atoms with Crippen molar-refractivity contribution in [2.45, 2.75) is 70.0 Å². The Morgan fingerprint density at radius 2 is 1.85 bits per heavy atom. The molecule has 0 spiro atoms. The van der Waals surface area contributed by atoms with Gasteiger partial charge in [0.2, 0.25) is 5.91 Å². The summed E-state index contributed by atoms with van der Waals surface area (Å²) in [6.45, 7) is 10.9. The summed E-state index contributed by atoms with van der Waals surface area (Å²) < 4.78 is 10.1. The van der Waals surface area contributed by atoms with Gasteiger partial charge in [0.15, 0.2) is 0 Å². The van der Waals surface area contributed by atoms with E-state index in [0.717, 1.165) is 26.1 Å². The van der Waals surface area contributed by atoms with Gasteiger partial charge in [-0.3, -0.25) is 14.6 Å². The molecule has 1 N–H and O–H groups in total. The van der Waals surface area contributed by atoms with E-state index in [-0.39, 0.29) is 24.2 Å². The predicted molar refractivity (Wildman–Crippen MR) is 107 cm³/mol. The van der Waals surface area contributed by atoms with Crippen LogP contribution in [0.3, 0.4) is 0 Å². The molecule has 1 aliphatic rings. The minimum Gasteiger partial charge on any atom is -0.381 e. The molecular formula is C19H34N2O4S. The molecule has 0 bridgehead atoms. The van der Waals surface area contributed by atoms with Crippen molar-refractivity contribution in [3.8, 4) is 0 Å². The summed E-state index contributed by atoms with van der Waals surface area (Å²) >= 11 is 1.66. The van der Waals surface area contributed by atoms with Gasteiger partial charge in [-0.15, -0.1) is 11.8 Å². The number of hydrogen-bond donors (Lipinski definition) is 1. The minimum absolute atomic E-state index is 0.0114. The Balaban J connectivity index is 2.68. The molecule has 1 rings (SSSR count). The quantitative estimate of drug-likeness (QED) is 0.513. The average molecular weight is 387 g/mol. The molecule has 0 aromatic rings. The highest BCUT2D eigenvalue weighted by Gasteiger charge is 2.36. The Hall–Kier alpha value is -0.920. The van der Waals surface area contributed by atoms with Gasteiger partial charge in [-0.25, -0.2) is 0 Å². The summed E-state index contributed by atoms with van der Waals surface area (Å²) in [5.41, 5.74) is -0.651.